The third-order valence-electron chi connectivity index (χ3n) is 2.10. The van der Waals surface area contributed by atoms with Crippen molar-refractivity contribution >= 4 is 28.1 Å². The highest BCUT2D eigenvalue weighted by molar-refractivity contribution is 6.35. The summed E-state index contributed by atoms with van der Waals surface area (Å²) in [7, 11) is 0. The summed E-state index contributed by atoms with van der Waals surface area (Å²) in [4.78, 5) is 4.05. The first-order chi connectivity index (χ1) is 6.20. The van der Waals surface area contributed by atoms with E-state index >= 15 is 0 Å². The van der Waals surface area contributed by atoms with Crippen LogP contribution < -0.4 is 5.73 Å². The van der Waals surface area contributed by atoms with Gasteiger partial charge in [0.05, 0.1) is 0 Å². The predicted molar refractivity (Wildman–Crippen MR) is 55.9 cm³/mol. The molecule has 0 atom stereocenters. The zero-order valence-electron chi connectivity index (χ0n) is 7.21. The topological polar surface area (TPSA) is 38.9 Å². The Labute approximate surface area is 81.3 Å². The summed E-state index contributed by atoms with van der Waals surface area (Å²) >= 11 is 5.94. The van der Waals surface area contributed by atoms with E-state index in [-0.39, 0.29) is 0 Å². The zero-order chi connectivity index (χ0) is 9.42. The Morgan fingerprint density at radius 3 is 2.85 bits per heavy atom. The Kier molecular flexibility index (Phi) is 1.85. The van der Waals surface area contributed by atoms with Crippen LogP contribution >= 0.6 is 11.6 Å². The number of benzene rings is 1. The van der Waals surface area contributed by atoms with Gasteiger partial charge in [-0.2, -0.15) is 0 Å². The summed E-state index contributed by atoms with van der Waals surface area (Å²) in [6, 6.07) is 5.74. The zero-order valence-corrected chi connectivity index (χ0v) is 7.97. The van der Waals surface area contributed by atoms with Gasteiger partial charge in [0.1, 0.15) is 5.15 Å². The van der Waals surface area contributed by atoms with E-state index in [4.69, 9.17) is 17.3 Å². The van der Waals surface area contributed by atoms with Crippen LogP contribution in [0.5, 0.6) is 0 Å². The Bertz CT molecular complexity index is 457. The summed E-state index contributed by atoms with van der Waals surface area (Å²) in [5.74, 6) is 0. The minimum absolute atomic E-state index is 0.471. The smallest absolute Gasteiger partial charge is 0.138 e. The molecule has 0 saturated carbocycles. The molecule has 0 unspecified atom stereocenters. The number of nitrogens with two attached hydrogens (primary N) is 1. The van der Waals surface area contributed by atoms with Crippen molar-refractivity contribution in [3.63, 3.8) is 0 Å². The molecular formula is C10H9ClN2. The highest BCUT2D eigenvalue weighted by Gasteiger charge is 2.05. The molecule has 0 fully saturated rings. The van der Waals surface area contributed by atoms with Gasteiger partial charge in [-0.05, 0) is 23.9 Å². The van der Waals surface area contributed by atoms with E-state index in [0.717, 1.165) is 16.3 Å². The third-order valence-corrected chi connectivity index (χ3v) is 2.39. The standard InChI is InChI=1S/C10H9ClN2/c1-6-5-13-10(11)9-7(6)3-2-4-8(9)12/h2-5H,12H2,1H3. The van der Waals surface area contributed by atoms with Gasteiger partial charge in [0, 0.05) is 17.3 Å². The molecule has 0 aliphatic heterocycles. The van der Waals surface area contributed by atoms with Crippen molar-refractivity contribution < 1.29 is 0 Å². The van der Waals surface area contributed by atoms with Gasteiger partial charge in [0.15, 0.2) is 0 Å². The maximum atomic E-state index is 5.94. The van der Waals surface area contributed by atoms with Gasteiger partial charge in [-0.1, -0.05) is 23.7 Å². The van der Waals surface area contributed by atoms with Crippen LogP contribution in [0.4, 0.5) is 5.69 Å². The molecule has 1 heterocycles. The van der Waals surface area contributed by atoms with Gasteiger partial charge in [0.2, 0.25) is 0 Å². The first-order valence-corrected chi connectivity index (χ1v) is 4.37. The fourth-order valence-electron chi connectivity index (χ4n) is 1.42. The van der Waals surface area contributed by atoms with Crippen LogP contribution in [-0.2, 0) is 0 Å². The number of pyridine rings is 1. The molecule has 2 rings (SSSR count). The number of aromatic nitrogens is 1. The van der Waals surface area contributed by atoms with Crippen molar-refractivity contribution in [2.75, 3.05) is 5.73 Å². The number of nitrogens with zero attached hydrogens (tertiary/aromatic N) is 1. The summed E-state index contributed by atoms with van der Waals surface area (Å²) in [6.45, 7) is 1.99. The number of anilines is 1. The quantitative estimate of drug-likeness (QED) is 0.515. The van der Waals surface area contributed by atoms with Crippen LogP contribution in [0.3, 0.4) is 0 Å². The van der Waals surface area contributed by atoms with E-state index in [1.54, 1.807) is 6.20 Å². The van der Waals surface area contributed by atoms with Crippen LogP contribution in [0.1, 0.15) is 5.56 Å². The van der Waals surface area contributed by atoms with Crippen LogP contribution in [-0.4, -0.2) is 4.98 Å². The molecule has 0 radical (unpaired) electrons. The SMILES string of the molecule is Cc1cnc(Cl)c2c(N)cccc12. The lowest BCUT2D eigenvalue weighted by atomic mass is 10.1. The third kappa shape index (κ3) is 1.23. The lowest BCUT2D eigenvalue weighted by molar-refractivity contribution is 1.31. The molecule has 0 aliphatic carbocycles. The van der Waals surface area contributed by atoms with Gasteiger partial charge >= 0.3 is 0 Å². The molecule has 66 valence electrons. The molecule has 0 bridgehead atoms. The summed E-state index contributed by atoms with van der Waals surface area (Å²) in [5, 5.41) is 2.39. The van der Waals surface area contributed by atoms with Crippen LogP contribution in [0.15, 0.2) is 24.4 Å². The van der Waals surface area contributed by atoms with Gasteiger partial charge < -0.3 is 5.73 Å². The highest BCUT2D eigenvalue weighted by atomic mass is 35.5. The van der Waals surface area contributed by atoms with E-state index < -0.39 is 0 Å². The molecule has 2 nitrogen and oxygen atoms in total. The normalized spacial score (nSPS) is 10.6. The van der Waals surface area contributed by atoms with Gasteiger partial charge in [0.25, 0.3) is 0 Å². The van der Waals surface area contributed by atoms with Crippen LogP contribution in [0.2, 0.25) is 5.15 Å². The molecule has 1 aromatic carbocycles. The van der Waals surface area contributed by atoms with Gasteiger partial charge in [-0.15, -0.1) is 0 Å². The van der Waals surface area contributed by atoms with Crippen molar-refractivity contribution in [1.82, 2.24) is 4.98 Å². The van der Waals surface area contributed by atoms with Gasteiger partial charge in [-0.3, -0.25) is 0 Å². The number of aryl methyl sites for hydroxylation is 1. The number of halogens is 1. The first-order valence-electron chi connectivity index (χ1n) is 3.99. The Morgan fingerprint density at radius 2 is 2.15 bits per heavy atom. The Balaban J connectivity index is 3.00. The Hall–Kier alpha value is -1.28. The molecule has 3 heteroatoms. The second-order valence-corrected chi connectivity index (χ2v) is 3.36. The number of fused-ring (bicyclic) bond motifs is 1. The maximum absolute atomic E-state index is 5.94. The summed E-state index contributed by atoms with van der Waals surface area (Å²) in [6.07, 6.45) is 1.75. The van der Waals surface area contributed by atoms with Crippen molar-refractivity contribution in [2.24, 2.45) is 0 Å². The molecule has 2 N–H and O–H groups in total. The number of nitrogen functional groups attached to an aromatic ring is 1. The fourth-order valence-corrected chi connectivity index (χ4v) is 1.68. The molecule has 0 saturated heterocycles. The first kappa shape index (κ1) is 8.32. The fraction of sp³-hybridized carbons (Fsp3) is 0.100. The van der Waals surface area contributed by atoms with Crippen molar-refractivity contribution in [2.45, 2.75) is 6.92 Å². The van der Waals surface area contributed by atoms with E-state index in [2.05, 4.69) is 4.98 Å². The van der Waals surface area contributed by atoms with Crippen molar-refractivity contribution in [1.29, 1.82) is 0 Å². The number of rotatable bonds is 0. The second kappa shape index (κ2) is 2.89. The highest BCUT2D eigenvalue weighted by Crippen LogP contribution is 2.28. The molecular weight excluding hydrogens is 184 g/mol. The molecule has 0 amide bonds. The van der Waals surface area contributed by atoms with E-state index in [1.165, 1.54) is 0 Å². The number of hydrogen-bond acceptors (Lipinski definition) is 2. The summed E-state index contributed by atoms with van der Waals surface area (Å²) < 4.78 is 0. The van der Waals surface area contributed by atoms with E-state index in [0.29, 0.717) is 10.8 Å². The minimum Gasteiger partial charge on any atom is -0.398 e. The lowest BCUT2D eigenvalue weighted by Crippen LogP contribution is -1.90. The second-order valence-electron chi connectivity index (χ2n) is 3.00. The average Bonchev–Trinajstić information content (AvgIpc) is 2.12. The molecule has 1 aromatic heterocycles. The van der Waals surface area contributed by atoms with E-state index in [1.807, 2.05) is 25.1 Å². The summed E-state index contributed by atoms with van der Waals surface area (Å²) in [5.41, 5.74) is 7.57. The monoisotopic (exact) mass is 192 g/mol. The van der Waals surface area contributed by atoms with Crippen molar-refractivity contribution in [3.8, 4) is 0 Å². The molecule has 0 aliphatic rings. The number of hydrogen-bond donors (Lipinski definition) is 1. The minimum atomic E-state index is 0.471. The largest absolute Gasteiger partial charge is 0.398 e. The lowest BCUT2D eigenvalue weighted by Gasteiger charge is -2.05. The average molecular weight is 193 g/mol. The van der Waals surface area contributed by atoms with Crippen LogP contribution in [0, 0.1) is 6.92 Å². The Morgan fingerprint density at radius 1 is 1.38 bits per heavy atom. The molecule has 0 spiro atoms. The maximum Gasteiger partial charge on any atom is 0.138 e. The van der Waals surface area contributed by atoms with Gasteiger partial charge in [-0.25, -0.2) is 4.98 Å². The van der Waals surface area contributed by atoms with Crippen LogP contribution in [0.25, 0.3) is 10.8 Å². The van der Waals surface area contributed by atoms with E-state index in [9.17, 15) is 0 Å². The molecule has 2 aromatic rings. The molecule has 13 heavy (non-hydrogen) atoms. The van der Waals surface area contributed by atoms with Crippen molar-refractivity contribution in [3.05, 3.63) is 35.1 Å². The predicted octanol–water partition coefficient (Wildman–Crippen LogP) is 2.78.